The van der Waals surface area contributed by atoms with Crippen molar-refractivity contribution in [2.24, 2.45) is 5.73 Å². The van der Waals surface area contributed by atoms with Gasteiger partial charge in [0.15, 0.2) is 0 Å². The van der Waals surface area contributed by atoms with E-state index in [1.54, 1.807) is 0 Å². The first kappa shape index (κ1) is 15.0. The van der Waals surface area contributed by atoms with Gasteiger partial charge in [-0.3, -0.25) is 4.79 Å². The Morgan fingerprint density at radius 3 is 2.58 bits per heavy atom. The fourth-order valence-corrected chi connectivity index (χ4v) is 1.44. The number of halogens is 3. The third-order valence-corrected chi connectivity index (χ3v) is 2.12. The Morgan fingerprint density at radius 2 is 2.16 bits per heavy atom. The van der Waals surface area contributed by atoms with E-state index >= 15 is 0 Å². The number of carboxylic acids is 1. The van der Waals surface area contributed by atoms with Crippen molar-refractivity contribution in [3.05, 3.63) is 17.2 Å². The minimum absolute atomic E-state index is 0.118. The summed E-state index contributed by atoms with van der Waals surface area (Å²) in [5, 5.41) is 8.73. The van der Waals surface area contributed by atoms with Gasteiger partial charge in [-0.05, 0) is 5.56 Å². The third-order valence-electron chi connectivity index (χ3n) is 2.12. The van der Waals surface area contributed by atoms with Gasteiger partial charge in [0.1, 0.15) is 0 Å². The van der Waals surface area contributed by atoms with Crippen molar-refractivity contribution in [3.63, 3.8) is 0 Å². The summed E-state index contributed by atoms with van der Waals surface area (Å²) in [5.41, 5.74) is 5.65. The second-order valence-corrected chi connectivity index (χ2v) is 3.43. The van der Waals surface area contributed by atoms with E-state index in [-0.39, 0.29) is 23.6 Å². The minimum atomic E-state index is -4.90. The van der Waals surface area contributed by atoms with Crippen molar-refractivity contribution < 1.29 is 32.5 Å². The molecular formula is C10H11F3N2O4. The number of carboxylic acid groups (broad SMARTS) is 1. The molecule has 6 nitrogen and oxygen atoms in total. The summed E-state index contributed by atoms with van der Waals surface area (Å²) in [6.45, 7) is -0.171. The molecule has 0 radical (unpaired) electrons. The number of hydrogen-bond acceptors (Lipinski definition) is 5. The Balaban J connectivity index is 3.23. The van der Waals surface area contributed by atoms with Gasteiger partial charge < -0.3 is 20.3 Å². The number of rotatable bonds is 5. The van der Waals surface area contributed by atoms with Crippen LogP contribution in [-0.4, -0.2) is 29.5 Å². The number of alkyl halides is 3. The van der Waals surface area contributed by atoms with Crippen LogP contribution in [0, 0.1) is 0 Å². The van der Waals surface area contributed by atoms with Gasteiger partial charge in [-0.15, -0.1) is 13.2 Å². The summed E-state index contributed by atoms with van der Waals surface area (Å²) >= 11 is 0. The van der Waals surface area contributed by atoms with E-state index < -0.39 is 24.6 Å². The highest BCUT2D eigenvalue weighted by Gasteiger charge is 2.32. The SMILES string of the molecule is COc1nc(OC(F)(F)F)cc(CN)c1CC(=O)O. The average Bonchev–Trinajstić information content (AvgIpc) is 2.27. The Bertz CT molecular complexity index is 451. The number of nitrogens with zero attached hydrogens (tertiary/aromatic N) is 1. The zero-order valence-corrected chi connectivity index (χ0v) is 9.82. The molecule has 0 spiro atoms. The molecule has 1 aromatic rings. The standard InChI is InChI=1S/C10H11F3N2O4/c1-18-9-6(3-8(16)17)5(4-14)2-7(15-9)19-10(11,12)13/h2H,3-4,14H2,1H3,(H,16,17). The molecule has 19 heavy (non-hydrogen) atoms. The molecule has 106 valence electrons. The van der Waals surface area contributed by atoms with Crippen molar-refractivity contribution in [2.75, 3.05) is 7.11 Å². The molecule has 1 heterocycles. The molecule has 0 aliphatic heterocycles. The Labute approximate surface area is 105 Å². The first-order valence-corrected chi connectivity index (χ1v) is 5.01. The van der Waals surface area contributed by atoms with Crippen LogP contribution in [0.15, 0.2) is 6.07 Å². The van der Waals surface area contributed by atoms with E-state index in [1.165, 1.54) is 0 Å². The van der Waals surface area contributed by atoms with Gasteiger partial charge in [0, 0.05) is 18.2 Å². The van der Waals surface area contributed by atoms with Gasteiger partial charge in [0.25, 0.3) is 0 Å². The average molecular weight is 280 g/mol. The molecule has 1 rings (SSSR count). The third kappa shape index (κ3) is 4.28. The molecule has 0 fully saturated rings. The predicted octanol–water partition coefficient (Wildman–Crippen LogP) is 1.07. The van der Waals surface area contributed by atoms with Crippen molar-refractivity contribution in [2.45, 2.75) is 19.3 Å². The monoisotopic (exact) mass is 280 g/mol. The molecule has 0 saturated heterocycles. The molecule has 0 aromatic carbocycles. The molecule has 9 heteroatoms. The Kier molecular flexibility index (Phi) is 4.54. The highest BCUT2D eigenvalue weighted by molar-refractivity contribution is 5.71. The van der Waals surface area contributed by atoms with Gasteiger partial charge in [-0.25, -0.2) is 0 Å². The maximum Gasteiger partial charge on any atom is 0.574 e. The smallest absolute Gasteiger partial charge is 0.481 e. The fraction of sp³-hybridized carbons (Fsp3) is 0.400. The van der Waals surface area contributed by atoms with Gasteiger partial charge >= 0.3 is 12.3 Å². The van der Waals surface area contributed by atoms with Crippen molar-refractivity contribution in [1.29, 1.82) is 0 Å². The highest BCUT2D eigenvalue weighted by atomic mass is 19.4. The summed E-state index contributed by atoms with van der Waals surface area (Å²) in [5.74, 6) is -2.19. The number of nitrogens with two attached hydrogens (primary N) is 1. The number of methoxy groups -OCH3 is 1. The largest absolute Gasteiger partial charge is 0.574 e. The van der Waals surface area contributed by atoms with Crippen LogP contribution >= 0.6 is 0 Å². The Morgan fingerprint density at radius 1 is 1.53 bits per heavy atom. The quantitative estimate of drug-likeness (QED) is 0.838. The lowest BCUT2D eigenvalue weighted by Crippen LogP contribution is -2.19. The van der Waals surface area contributed by atoms with Crippen LogP contribution < -0.4 is 15.2 Å². The molecule has 0 saturated carbocycles. The lowest BCUT2D eigenvalue weighted by molar-refractivity contribution is -0.276. The van der Waals surface area contributed by atoms with Crippen LogP contribution in [0.3, 0.4) is 0 Å². The first-order chi connectivity index (χ1) is 8.76. The van der Waals surface area contributed by atoms with Crippen LogP contribution in [0.2, 0.25) is 0 Å². The maximum absolute atomic E-state index is 12.1. The van der Waals surface area contributed by atoms with E-state index in [2.05, 4.69) is 9.72 Å². The van der Waals surface area contributed by atoms with Crippen molar-refractivity contribution in [1.82, 2.24) is 4.98 Å². The normalized spacial score (nSPS) is 11.2. The summed E-state index contributed by atoms with van der Waals surface area (Å²) in [6.07, 6.45) is -5.37. The number of pyridine rings is 1. The van der Waals surface area contributed by atoms with Gasteiger partial charge in [0.05, 0.1) is 13.5 Å². The highest BCUT2D eigenvalue weighted by Crippen LogP contribution is 2.28. The second-order valence-electron chi connectivity index (χ2n) is 3.43. The predicted molar refractivity (Wildman–Crippen MR) is 56.7 cm³/mol. The summed E-state index contributed by atoms with van der Waals surface area (Å²) in [4.78, 5) is 14.1. The van der Waals surface area contributed by atoms with Gasteiger partial charge in [-0.2, -0.15) is 4.98 Å². The Hall–Kier alpha value is -2.03. The van der Waals surface area contributed by atoms with Crippen LogP contribution in [0.4, 0.5) is 13.2 Å². The molecular weight excluding hydrogens is 269 g/mol. The maximum atomic E-state index is 12.1. The van der Waals surface area contributed by atoms with Crippen LogP contribution in [0.25, 0.3) is 0 Å². The van der Waals surface area contributed by atoms with Gasteiger partial charge in [-0.1, -0.05) is 0 Å². The lowest BCUT2D eigenvalue weighted by atomic mass is 10.1. The zero-order valence-electron chi connectivity index (χ0n) is 9.82. The van der Waals surface area contributed by atoms with Crippen molar-refractivity contribution >= 4 is 5.97 Å². The molecule has 0 unspecified atom stereocenters. The molecule has 0 bridgehead atoms. The van der Waals surface area contributed by atoms with Crippen LogP contribution in [-0.2, 0) is 17.8 Å². The van der Waals surface area contributed by atoms with Crippen LogP contribution in [0.5, 0.6) is 11.8 Å². The minimum Gasteiger partial charge on any atom is -0.481 e. The number of aliphatic carboxylic acids is 1. The molecule has 0 atom stereocenters. The fourth-order valence-electron chi connectivity index (χ4n) is 1.44. The lowest BCUT2D eigenvalue weighted by Gasteiger charge is -2.14. The van der Waals surface area contributed by atoms with E-state index in [4.69, 9.17) is 15.6 Å². The zero-order chi connectivity index (χ0) is 14.6. The molecule has 0 aliphatic rings. The number of aromatic nitrogens is 1. The number of carbonyl (C=O) groups is 1. The first-order valence-electron chi connectivity index (χ1n) is 5.01. The summed E-state index contributed by atoms with van der Waals surface area (Å²) in [7, 11) is 1.16. The van der Waals surface area contributed by atoms with Gasteiger partial charge in [0.2, 0.25) is 11.8 Å². The molecule has 1 aromatic heterocycles. The summed E-state index contributed by atoms with van der Waals surface area (Å²) < 4.78 is 44.7. The van der Waals surface area contributed by atoms with Crippen molar-refractivity contribution in [3.8, 4) is 11.8 Å². The van der Waals surface area contributed by atoms with E-state index in [9.17, 15) is 18.0 Å². The summed E-state index contributed by atoms with van der Waals surface area (Å²) in [6, 6.07) is 0.939. The van der Waals surface area contributed by atoms with E-state index in [1.807, 2.05) is 0 Å². The molecule has 3 N–H and O–H groups in total. The molecule has 0 amide bonds. The second kappa shape index (κ2) is 5.74. The van der Waals surface area contributed by atoms with E-state index in [0.29, 0.717) is 0 Å². The topological polar surface area (TPSA) is 94.7 Å². The van der Waals surface area contributed by atoms with Crippen LogP contribution in [0.1, 0.15) is 11.1 Å². The number of ether oxygens (including phenoxy) is 2. The number of hydrogen-bond donors (Lipinski definition) is 2. The molecule has 0 aliphatic carbocycles. The van der Waals surface area contributed by atoms with E-state index in [0.717, 1.165) is 13.2 Å².